The lowest BCUT2D eigenvalue weighted by atomic mass is 10.4. The lowest BCUT2D eigenvalue weighted by molar-refractivity contribution is 0.405. The van der Waals surface area contributed by atoms with E-state index in [1.807, 2.05) is 0 Å². The Morgan fingerprint density at radius 1 is 1.50 bits per heavy atom. The third kappa shape index (κ3) is 3.57. The number of rotatable bonds is 5. The van der Waals surface area contributed by atoms with Crippen LogP contribution in [0.3, 0.4) is 0 Å². The number of anilines is 2. The predicted molar refractivity (Wildman–Crippen MR) is 58.1 cm³/mol. The van der Waals surface area contributed by atoms with E-state index in [9.17, 15) is 0 Å². The molecule has 0 bridgehead atoms. The second kappa shape index (κ2) is 5.39. The third-order valence-electron chi connectivity index (χ3n) is 1.82. The summed E-state index contributed by atoms with van der Waals surface area (Å²) in [5.74, 6) is 0.721. The molecule has 14 heavy (non-hydrogen) atoms. The van der Waals surface area contributed by atoms with E-state index in [1.54, 1.807) is 6.20 Å². The van der Waals surface area contributed by atoms with E-state index in [0.29, 0.717) is 5.69 Å². The van der Waals surface area contributed by atoms with Gasteiger partial charge in [-0.3, -0.25) is 0 Å². The van der Waals surface area contributed by atoms with E-state index in [1.165, 1.54) is 6.33 Å². The molecular formula is C9H17N5. The van der Waals surface area contributed by atoms with Crippen LogP contribution in [0, 0.1) is 0 Å². The Labute approximate surface area is 84.3 Å². The van der Waals surface area contributed by atoms with Crippen LogP contribution in [0.15, 0.2) is 12.5 Å². The first-order valence-corrected chi connectivity index (χ1v) is 4.64. The molecule has 5 heteroatoms. The van der Waals surface area contributed by atoms with Crippen LogP contribution >= 0.6 is 0 Å². The van der Waals surface area contributed by atoms with Crippen LogP contribution in [-0.2, 0) is 0 Å². The van der Waals surface area contributed by atoms with Crippen molar-refractivity contribution in [2.75, 3.05) is 38.2 Å². The van der Waals surface area contributed by atoms with Gasteiger partial charge in [0.05, 0.1) is 11.9 Å². The molecule has 0 amide bonds. The molecule has 0 atom stereocenters. The molecule has 1 aromatic heterocycles. The van der Waals surface area contributed by atoms with E-state index in [4.69, 9.17) is 5.73 Å². The first-order valence-electron chi connectivity index (χ1n) is 4.64. The molecule has 0 saturated carbocycles. The molecule has 0 radical (unpaired) electrons. The normalized spacial score (nSPS) is 10.5. The topological polar surface area (TPSA) is 67.1 Å². The van der Waals surface area contributed by atoms with Gasteiger partial charge in [0.2, 0.25) is 0 Å². The highest BCUT2D eigenvalue weighted by atomic mass is 15.1. The molecule has 0 unspecified atom stereocenters. The lowest BCUT2D eigenvalue weighted by Crippen LogP contribution is -2.17. The Balaban J connectivity index is 2.28. The van der Waals surface area contributed by atoms with E-state index in [2.05, 4.69) is 34.3 Å². The number of nitrogens with one attached hydrogen (secondary N) is 1. The van der Waals surface area contributed by atoms with Crippen molar-refractivity contribution in [1.82, 2.24) is 14.9 Å². The second-order valence-electron chi connectivity index (χ2n) is 3.41. The van der Waals surface area contributed by atoms with Gasteiger partial charge in [-0.05, 0) is 27.1 Å². The monoisotopic (exact) mass is 195 g/mol. The maximum Gasteiger partial charge on any atom is 0.152 e. The summed E-state index contributed by atoms with van der Waals surface area (Å²) < 4.78 is 0. The molecule has 1 rings (SSSR count). The quantitative estimate of drug-likeness (QED) is 0.667. The summed E-state index contributed by atoms with van der Waals surface area (Å²) in [7, 11) is 4.11. The van der Waals surface area contributed by atoms with Crippen molar-refractivity contribution in [2.45, 2.75) is 6.42 Å². The van der Waals surface area contributed by atoms with Crippen molar-refractivity contribution >= 4 is 11.5 Å². The summed E-state index contributed by atoms with van der Waals surface area (Å²) >= 11 is 0. The standard InChI is InChI=1S/C9H17N5/c1-14(2)5-3-4-12-9-8(10)6-11-7-13-9/h6-7H,3-5,10H2,1-2H3,(H,11,12,13). The third-order valence-corrected chi connectivity index (χ3v) is 1.82. The van der Waals surface area contributed by atoms with Crippen LogP contribution in [0.1, 0.15) is 6.42 Å². The van der Waals surface area contributed by atoms with E-state index in [0.717, 1.165) is 25.3 Å². The minimum atomic E-state index is 0.595. The lowest BCUT2D eigenvalue weighted by Gasteiger charge is -2.10. The van der Waals surface area contributed by atoms with Crippen LogP contribution in [0.5, 0.6) is 0 Å². The summed E-state index contributed by atoms with van der Waals surface area (Å²) in [5.41, 5.74) is 6.26. The SMILES string of the molecule is CN(C)CCCNc1ncncc1N. The van der Waals surface area contributed by atoms with Crippen molar-refractivity contribution in [3.8, 4) is 0 Å². The Hall–Kier alpha value is -1.36. The number of nitrogens with two attached hydrogens (primary N) is 1. The number of aromatic nitrogens is 2. The number of nitrogens with zero attached hydrogens (tertiary/aromatic N) is 3. The van der Waals surface area contributed by atoms with Gasteiger partial charge < -0.3 is 16.0 Å². The summed E-state index contributed by atoms with van der Waals surface area (Å²) in [6, 6.07) is 0. The maximum absolute atomic E-state index is 5.66. The van der Waals surface area contributed by atoms with Crippen LogP contribution in [0.2, 0.25) is 0 Å². The fourth-order valence-electron chi connectivity index (χ4n) is 1.09. The molecule has 1 aromatic rings. The van der Waals surface area contributed by atoms with Gasteiger partial charge in [-0.1, -0.05) is 0 Å². The molecule has 3 N–H and O–H groups in total. The Kier molecular flexibility index (Phi) is 4.12. The molecule has 5 nitrogen and oxygen atoms in total. The van der Waals surface area contributed by atoms with Gasteiger partial charge >= 0.3 is 0 Å². The van der Waals surface area contributed by atoms with Crippen LogP contribution in [-0.4, -0.2) is 42.1 Å². The Morgan fingerprint density at radius 3 is 2.93 bits per heavy atom. The average molecular weight is 195 g/mol. The van der Waals surface area contributed by atoms with E-state index in [-0.39, 0.29) is 0 Å². The number of nitrogen functional groups attached to an aromatic ring is 1. The smallest absolute Gasteiger partial charge is 0.152 e. The first-order chi connectivity index (χ1) is 6.70. The molecule has 0 aliphatic carbocycles. The van der Waals surface area contributed by atoms with Crippen molar-refractivity contribution in [1.29, 1.82) is 0 Å². The maximum atomic E-state index is 5.66. The molecule has 0 aliphatic rings. The fraction of sp³-hybridized carbons (Fsp3) is 0.556. The highest BCUT2D eigenvalue weighted by Crippen LogP contribution is 2.10. The Bertz CT molecular complexity index is 274. The van der Waals surface area contributed by atoms with E-state index >= 15 is 0 Å². The predicted octanol–water partition coefficient (Wildman–Crippen LogP) is 0.422. The second-order valence-corrected chi connectivity index (χ2v) is 3.41. The largest absolute Gasteiger partial charge is 0.394 e. The van der Waals surface area contributed by atoms with Crippen LogP contribution in [0.4, 0.5) is 11.5 Å². The van der Waals surface area contributed by atoms with Gasteiger partial charge in [-0.25, -0.2) is 9.97 Å². The summed E-state index contributed by atoms with van der Waals surface area (Å²) in [6.07, 6.45) is 4.16. The van der Waals surface area contributed by atoms with Gasteiger partial charge in [-0.15, -0.1) is 0 Å². The molecule has 0 spiro atoms. The van der Waals surface area contributed by atoms with Crippen LogP contribution in [0.25, 0.3) is 0 Å². The highest BCUT2D eigenvalue weighted by molar-refractivity contribution is 5.58. The van der Waals surface area contributed by atoms with Crippen LogP contribution < -0.4 is 11.1 Å². The minimum absolute atomic E-state index is 0.595. The van der Waals surface area contributed by atoms with Gasteiger partial charge in [0.25, 0.3) is 0 Å². The van der Waals surface area contributed by atoms with Crippen molar-refractivity contribution in [3.63, 3.8) is 0 Å². The first kappa shape index (κ1) is 10.7. The fourth-order valence-corrected chi connectivity index (χ4v) is 1.09. The summed E-state index contributed by atoms with van der Waals surface area (Å²) in [6.45, 7) is 1.93. The van der Waals surface area contributed by atoms with Crippen molar-refractivity contribution in [3.05, 3.63) is 12.5 Å². The molecule has 0 aromatic carbocycles. The average Bonchev–Trinajstić information content (AvgIpc) is 2.15. The summed E-state index contributed by atoms with van der Waals surface area (Å²) in [5, 5.41) is 3.17. The zero-order valence-corrected chi connectivity index (χ0v) is 8.70. The van der Waals surface area contributed by atoms with E-state index < -0.39 is 0 Å². The van der Waals surface area contributed by atoms with Crippen molar-refractivity contribution in [2.24, 2.45) is 0 Å². The van der Waals surface area contributed by atoms with Gasteiger partial charge in [-0.2, -0.15) is 0 Å². The van der Waals surface area contributed by atoms with Gasteiger partial charge in [0, 0.05) is 6.54 Å². The van der Waals surface area contributed by atoms with Gasteiger partial charge in [0.1, 0.15) is 6.33 Å². The highest BCUT2D eigenvalue weighted by Gasteiger charge is 1.98. The Morgan fingerprint density at radius 2 is 2.29 bits per heavy atom. The minimum Gasteiger partial charge on any atom is -0.394 e. The van der Waals surface area contributed by atoms with Crippen molar-refractivity contribution < 1.29 is 0 Å². The summed E-state index contributed by atoms with van der Waals surface area (Å²) in [4.78, 5) is 10.00. The number of hydrogen-bond acceptors (Lipinski definition) is 5. The zero-order valence-electron chi connectivity index (χ0n) is 8.70. The molecular weight excluding hydrogens is 178 g/mol. The number of hydrogen-bond donors (Lipinski definition) is 2. The molecule has 1 heterocycles. The molecule has 0 fully saturated rings. The molecule has 0 aliphatic heterocycles. The zero-order chi connectivity index (χ0) is 10.4. The van der Waals surface area contributed by atoms with Gasteiger partial charge in [0.15, 0.2) is 5.82 Å². The molecule has 78 valence electrons. The molecule has 0 saturated heterocycles.